The van der Waals surface area contributed by atoms with E-state index in [9.17, 15) is 9.59 Å². The van der Waals surface area contributed by atoms with Gasteiger partial charge in [-0.25, -0.2) is 0 Å². The molecule has 2 atom stereocenters. The maximum absolute atomic E-state index is 12.4. The highest BCUT2D eigenvalue weighted by Gasteiger charge is 2.29. The van der Waals surface area contributed by atoms with Crippen molar-refractivity contribution in [3.63, 3.8) is 0 Å². The van der Waals surface area contributed by atoms with Crippen LogP contribution in [-0.4, -0.2) is 46.0 Å². The highest BCUT2D eigenvalue weighted by Crippen LogP contribution is 2.30. The molecule has 1 fully saturated rings. The predicted molar refractivity (Wildman–Crippen MR) is 82.7 cm³/mol. The smallest absolute Gasteiger partial charge is 0.242 e. The molecule has 0 saturated carbocycles. The Morgan fingerprint density at radius 2 is 2.27 bits per heavy atom. The topological polar surface area (TPSA) is 104 Å². The highest BCUT2D eigenvalue weighted by atomic mass is 16.2. The number of aromatic nitrogens is 2. The van der Waals surface area contributed by atoms with Crippen LogP contribution in [0.1, 0.15) is 44.7 Å². The lowest BCUT2D eigenvalue weighted by Crippen LogP contribution is -2.49. The van der Waals surface area contributed by atoms with Crippen LogP contribution in [-0.2, 0) is 9.59 Å². The first kappa shape index (κ1) is 16.5. The molecule has 0 bridgehead atoms. The fourth-order valence-corrected chi connectivity index (χ4v) is 2.70. The molecule has 0 aliphatic carbocycles. The summed E-state index contributed by atoms with van der Waals surface area (Å²) in [6.07, 6.45) is 6.57. The van der Waals surface area contributed by atoms with Crippen LogP contribution >= 0.6 is 0 Å². The van der Waals surface area contributed by atoms with E-state index in [1.165, 1.54) is 0 Å². The van der Waals surface area contributed by atoms with Crippen molar-refractivity contribution in [2.24, 2.45) is 11.7 Å². The van der Waals surface area contributed by atoms with E-state index >= 15 is 0 Å². The maximum atomic E-state index is 12.4. The molecule has 2 amide bonds. The summed E-state index contributed by atoms with van der Waals surface area (Å²) < 4.78 is 0. The van der Waals surface area contributed by atoms with Crippen LogP contribution in [0.2, 0.25) is 0 Å². The van der Waals surface area contributed by atoms with Gasteiger partial charge in [-0.3, -0.25) is 14.7 Å². The Balaban J connectivity index is 1.94. The van der Waals surface area contributed by atoms with E-state index in [0.717, 1.165) is 24.8 Å². The van der Waals surface area contributed by atoms with E-state index in [4.69, 9.17) is 5.73 Å². The number of nitrogens with two attached hydrogens (primary N) is 1. The molecule has 1 aliphatic rings. The number of amides is 2. The first-order valence-electron chi connectivity index (χ1n) is 7.82. The molecule has 7 nitrogen and oxygen atoms in total. The van der Waals surface area contributed by atoms with Crippen LogP contribution in [0.15, 0.2) is 12.4 Å². The molecule has 4 N–H and O–H groups in total. The number of nitrogens with one attached hydrogen (secondary N) is 2. The van der Waals surface area contributed by atoms with Crippen molar-refractivity contribution in [1.82, 2.24) is 20.4 Å². The quantitative estimate of drug-likeness (QED) is 0.739. The second-order valence-electron chi connectivity index (χ2n) is 6.12. The summed E-state index contributed by atoms with van der Waals surface area (Å²) in [6, 6.07) is -0.547. The lowest BCUT2D eigenvalue weighted by atomic mass is 9.97. The first-order chi connectivity index (χ1) is 10.5. The SMILES string of the molecule is CC(C)[C@H](N)C(=O)NCC(=O)N1CCCCC1c1cn[nH]c1. The predicted octanol–water partition coefficient (Wildman–Crippen LogP) is 0.563. The monoisotopic (exact) mass is 307 g/mol. The van der Waals surface area contributed by atoms with Crippen LogP contribution in [0.5, 0.6) is 0 Å². The van der Waals surface area contributed by atoms with Gasteiger partial charge in [0.2, 0.25) is 11.8 Å². The molecule has 0 spiro atoms. The number of H-pyrrole nitrogens is 1. The molecule has 1 aromatic rings. The number of aromatic amines is 1. The van der Waals surface area contributed by atoms with Gasteiger partial charge >= 0.3 is 0 Å². The molecule has 1 saturated heterocycles. The third-order valence-corrected chi connectivity index (χ3v) is 4.16. The number of likely N-dealkylation sites (tertiary alicyclic amines) is 1. The highest BCUT2D eigenvalue weighted by molar-refractivity contribution is 5.87. The molecule has 0 radical (unpaired) electrons. The van der Waals surface area contributed by atoms with Crippen LogP contribution in [0.25, 0.3) is 0 Å². The van der Waals surface area contributed by atoms with Gasteiger partial charge in [0.05, 0.1) is 24.8 Å². The second kappa shape index (κ2) is 7.40. The number of rotatable bonds is 5. The average molecular weight is 307 g/mol. The van der Waals surface area contributed by atoms with Crippen molar-refractivity contribution in [2.45, 2.75) is 45.2 Å². The number of hydrogen-bond donors (Lipinski definition) is 3. The minimum Gasteiger partial charge on any atom is -0.346 e. The van der Waals surface area contributed by atoms with Crippen molar-refractivity contribution in [3.05, 3.63) is 18.0 Å². The van der Waals surface area contributed by atoms with E-state index < -0.39 is 6.04 Å². The fourth-order valence-electron chi connectivity index (χ4n) is 2.70. The zero-order valence-corrected chi connectivity index (χ0v) is 13.2. The normalized spacial score (nSPS) is 20.0. The molecular weight excluding hydrogens is 282 g/mol. The molecule has 0 aromatic carbocycles. The van der Waals surface area contributed by atoms with Gasteiger partial charge in [-0.05, 0) is 25.2 Å². The van der Waals surface area contributed by atoms with Gasteiger partial charge in [0, 0.05) is 18.3 Å². The van der Waals surface area contributed by atoms with E-state index in [1.807, 2.05) is 24.9 Å². The Bertz CT molecular complexity index is 500. The molecule has 1 aliphatic heterocycles. The summed E-state index contributed by atoms with van der Waals surface area (Å²) in [5, 5.41) is 9.40. The van der Waals surface area contributed by atoms with E-state index in [1.54, 1.807) is 6.20 Å². The number of carbonyl (C=O) groups is 2. The van der Waals surface area contributed by atoms with Crippen LogP contribution in [0.4, 0.5) is 0 Å². The summed E-state index contributed by atoms with van der Waals surface area (Å²) in [5.74, 6) is -0.306. The van der Waals surface area contributed by atoms with Gasteiger partial charge in [-0.1, -0.05) is 13.8 Å². The van der Waals surface area contributed by atoms with Crippen molar-refractivity contribution in [1.29, 1.82) is 0 Å². The van der Waals surface area contributed by atoms with Gasteiger partial charge in [0.15, 0.2) is 0 Å². The zero-order valence-electron chi connectivity index (χ0n) is 13.2. The standard InChI is InChI=1S/C15H25N5O2/c1-10(2)14(16)15(22)17-9-13(21)20-6-4-3-5-12(20)11-7-18-19-8-11/h7-8,10,12,14H,3-6,9,16H2,1-2H3,(H,17,22)(H,18,19)/t12?,14-/m0/s1. The van der Waals surface area contributed by atoms with Gasteiger partial charge in [0.1, 0.15) is 0 Å². The summed E-state index contributed by atoms with van der Waals surface area (Å²) in [7, 11) is 0. The zero-order chi connectivity index (χ0) is 16.1. The summed E-state index contributed by atoms with van der Waals surface area (Å²) in [5.41, 5.74) is 6.79. The fraction of sp³-hybridized carbons (Fsp3) is 0.667. The summed E-state index contributed by atoms with van der Waals surface area (Å²) >= 11 is 0. The van der Waals surface area contributed by atoms with E-state index in [2.05, 4.69) is 15.5 Å². The molecule has 2 heterocycles. The minimum absolute atomic E-state index is 0.00634. The van der Waals surface area contributed by atoms with Crippen molar-refractivity contribution < 1.29 is 9.59 Å². The van der Waals surface area contributed by atoms with E-state index in [-0.39, 0.29) is 30.3 Å². The van der Waals surface area contributed by atoms with Gasteiger partial charge in [-0.2, -0.15) is 5.10 Å². The molecule has 2 rings (SSSR count). The summed E-state index contributed by atoms with van der Waals surface area (Å²) in [6.45, 7) is 4.46. The van der Waals surface area contributed by atoms with Gasteiger partial charge < -0.3 is 16.0 Å². The summed E-state index contributed by atoms with van der Waals surface area (Å²) in [4.78, 5) is 26.1. The maximum Gasteiger partial charge on any atom is 0.242 e. The van der Waals surface area contributed by atoms with Crippen LogP contribution in [0.3, 0.4) is 0 Å². The van der Waals surface area contributed by atoms with Crippen molar-refractivity contribution in [3.8, 4) is 0 Å². The number of hydrogen-bond acceptors (Lipinski definition) is 4. The molecule has 1 aromatic heterocycles. The van der Waals surface area contributed by atoms with Crippen molar-refractivity contribution in [2.75, 3.05) is 13.1 Å². The number of nitrogens with zero attached hydrogens (tertiary/aromatic N) is 2. The number of carbonyl (C=O) groups excluding carboxylic acids is 2. The molecule has 22 heavy (non-hydrogen) atoms. The molecule has 122 valence electrons. The van der Waals surface area contributed by atoms with Gasteiger partial charge in [-0.15, -0.1) is 0 Å². The number of piperidine rings is 1. The Labute approximate surface area is 130 Å². The third-order valence-electron chi connectivity index (χ3n) is 4.16. The Morgan fingerprint density at radius 1 is 1.50 bits per heavy atom. The van der Waals surface area contributed by atoms with E-state index in [0.29, 0.717) is 6.54 Å². The van der Waals surface area contributed by atoms with Crippen molar-refractivity contribution >= 4 is 11.8 Å². The Kier molecular flexibility index (Phi) is 5.54. The minimum atomic E-state index is -0.584. The molecule has 1 unspecified atom stereocenters. The van der Waals surface area contributed by atoms with Gasteiger partial charge in [0.25, 0.3) is 0 Å². The average Bonchev–Trinajstić information content (AvgIpc) is 3.05. The van der Waals surface area contributed by atoms with Crippen LogP contribution < -0.4 is 11.1 Å². The Hall–Kier alpha value is -1.89. The molecular formula is C15H25N5O2. The lowest BCUT2D eigenvalue weighted by Gasteiger charge is -2.35. The molecule has 7 heteroatoms. The lowest BCUT2D eigenvalue weighted by molar-refractivity contribution is -0.136. The van der Waals surface area contributed by atoms with Crippen LogP contribution in [0, 0.1) is 5.92 Å². The Morgan fingerprint density at radius 3 is 2.91 bits per heavy atom. The first-order valence-corrected chi connectivity index (χ1v) is 7.82. The largest absolute Gasteiger partial charge is 0.346 e. The third kappa shape index (κ3) is 3.85. The second-order valence-corrected chi connectivity index (χ2v) is 6.12.